The van der Waals surface area contributed by atoms with E-state index in [0.717, 1.165) is 11.4 Å². The van der Waals surface area contributed by atoms with Crippen LogP contribution in [0.15, 0.2) is 164 Å². The first-order valence-electron chi connectivity index (χ1n) is 18.3. The maximum absolute atomic E-state index is 2.42. The van der Waals surface area contributed by atoms with E-state index < -0.39 is 0 Å². The lowest BCUT2D eigenvalue weighted by atomic mass is 9.86. The molecule has 0 spiro atoms. The third-order valence-electron chi connectivity index (χ3n) is 10.9. The molecule has 0 saturated heterocycles. The van der Waals surface area contributed by atoms with E-state index in [4.69, 9.17) is 0 Å². The Hall–Kier alpha value is -6.12. The molecule has 0 bridgehead atoms. The largest absolute Gasteiger partial charge is 0.284 e. The second kappa shape index (κ2) is 12.3. The predicted molar refractivity (Wildman–Crippen MR) is 219 cm³/mol. The van der Waals surface area contributed by atoms with Gasteiger partial charge in [0.05, 0.1) is 20.5 Å². The molecule has 0 N–H and O–H groups in total. The first-order valence-corrected chi connectivity index (χ1v) is 18.3. The number of rotatable bonds is 4. The Bertz CT molecular complexity index is 2850. The van der Waals surface area contributed by atoms with Gasteiger partial charge in [-0.25, -0.2) is 0 Å². The minimum absolute atomic E-state index is 0.0159. The molecule has 0 aliphatic carbocycles. The topological polar surface area (TPSA) is 7.76 Å². The number of benzene rings is 7. The van der Waals surface area contributed by atoms with Gasteiger partial charge in [-0.05, 0) is 114 Å². The van der Waals surface area contributed by atoms with Crippen LogP contribution in [-0.2, 0) is 5.41 Å². The van der Waals surface area contributed by atoms with Crippen molar-refractivity contribution in [1.82, 2.24) is 0 Å². The molecule has 0 unspecified atom stereocenters. The lowest BCUT2D eigenvalue weighted by Crippen LogP contribution is -2.68. The fraction of sp³-hybridized carbons (Fsp3) is 0.120. The van der Waals surface area contributed by atoms with Crippen LogP contribution in [0, 0.1) is 13.8 Å². The van der Waals surface area contributed by atoms with E-state index in [0.29, 0.717) is 0 Å². The monoisotopic (exact) mass is 670 g/mol. The van der Waals surface area contributed by atoms with Gasteiger partial charge in [0, 0.05) is 24.3 Å². The summed E-state index contributed by atoms with van der Waals surface area (Å²) in [5.41, 5.74) is 10.9. The highest BCUT2D eigenvalue weighted by Gasteiger charge is 2.31. The zero-order chi connectivity index (χ0) is 35.6. The Morgan fingerprint density at radius 1 is 0.385 bits per heavy atom. The van der Waals surface area contributed by atoms with Crippen LogP contribution in [0.2, 0.25) is 0 Å². The zero-order valence-corrected chi connectivity index (χ0v) is 30.5. The van der Waals surface area contributed by atoms with Crippen molar-refractivity contribution in [3.05, 3.63) is 181 Å². The molecule has 52 heavy (non-hydrogen) atoms. The molecule has 2 heteroatoms. The molecule has 2 heterocycles. The quantitative estimate of drug-likeness (QED) is 0.130. The molecule has 7 aromatic carbocycles. The number of fused-ring (bicyclic) bond motifs is 7. The van der Waals surface area contributed by atoms with Crippen molar-refractivity contribution in [1.29, 1.82) is 0 Å². The lowest BCUT2D eigenvalue weighted by Gasteiger charge is -2.18. The number of aromatic nitrogens is 2. The first kappa shape index (κ1) is 31.8. The van der Waals surface area contributed by atoms with Crippen LogP contribution >= 0.6 is 0 Å². The minimum atomic E-state index is -0.0159. The molecule has 0 aliphatic rings. The van der Waals surface area contributed by atoms with Crippen molar-refractivity contribution in [2.75, 3.05) is 0 Å². The fourth-order valence-corrected chi connectivity index (χ4v) is 8.06. The van der Waals surface area contributed by atoms with E-state index in [2.05, 4.69) is 208 Å². The molecule has 0 aliphatic heterocycles. The first-order chi connectivity index (χ1) is 25.3. The summed E-state index contributed by atoms with van der Waals surface area (Å²) in [6.45, 7) is 11.4. The van der Waals surface area contributed by atoms with E-state index in [1.807, 2.05) is 0 Å². The van der Waals surface area contributed by atoms with Crippen LogP contribution in [0.5, 0.6) is 0 Å². The van der Waals surface area contributed by atoms with Gasteiger partial charge in [-0.3, -0.25) is 0 Å². The highest BCUT2D eigenvalue weighted by molar-refractivity contribution is 6.25. The van der Waals surface area contributed by atoms with Crippen molar-refractivity contribution in [3.8, 4) is 33.6 Å². The van der Waals surface area contributed by atoms with Crippen molar-refractivity contribution < 1.29 is 9.35 Å². The molecule has 0 radical (unpaired) electrons. The summed E-state index contributed by atoms with van der Waals surface area (Å²) < 4.78 is 4.66. The molecule has 2 nitrogen and oxygen atoms in total. The Morgan fingerprint density at radius 3 is 1.67 bits per heavy atom. The van der Waals surface area contributed by atoms with Crippen molar-refractivity contribution in [2.24, 2.45) is 0 Å². The Labute approximate surface area is 305 Å². The Balaban J connectivity index is 1.29. The highest BCUT2D eigenvalue weighted by Crippen LogP contribution is 2.38. The molecule has 9 rings (SSSR count). The number of hydrogen-bond acceptors (Lipinski definition) is 0. The van der Waals surface area contributed by atoms with Crippen LogP contribution in [0.1, 0.15) is 37.5 Å². The minimum Gasteiger partial charge on any atom is -0.0616 e. The third-order valence-corrected chi connectivity index (χ3v) is 10.9. The second-order valence-electron chi connectivity index (χ2n) is 15.2. The normalized spacial score (nSPS) is 11.9. The average molecular weight is 671 g/mol. The van der Waals surface area contributed by atoms with Gasteiger partial charge in [0.15, 0.2) is 0 Å². The predicted octanol–water partition coefficient (Wildman–Crippen LogP) is 12.1. The Kier molecular flexibility index (Phi) is 7.52. The molecule has 2 aromatic heterocycles. The van der Waals surface area contributed by atoms with E-state index in [9.17, 15) is 0 Å². The molecule has 0 atom stereocenters. The van der Waals surface area contributed by atoms with E-state index in [1.165, 1.54) is 82.0 Å². The van der Waals surface area contributed by atoms with Crippen molar-refractivity contribution >= 4 is 43.1 Å². The zero-order valence-electron chi connectivity index (χ0n) is 30.5. The standard InChI is InChI=1S/C50H42N2/c1-33-24-25-36(39-22-14-16-35-15-6-7-17-38(35)39)30-44(33)49-31-37(50(3,4)5)26-28-52(49)51-27-13-12-23-48(51)45-32-47-43-21-11-9-19-41(43)40-18-8-10-20-42(40)46(47)29-34(45)2/h6-32H,1-5H3/q+2. The van der Waals surface area contributed by atoms with E-state index in [1.54, 1.807) is 0 Å². The summed E-state index contributed by atoms with van der Waals surface area (Å²) in [5, 5.41) is 10.3. The van der Waals surface area contributed by atoms with Crippen LogP contribution in [-0.4, -0.2) is 0 Å². The molecular formula is C50H42N2+2. The van der Waals surface area contributed by atoms with Gasteiger partial charge in [0.25, 0.3) is 11.4 Å². The summed E-state index contributed by atoms with van der Waals surface area (Å²) in [4.78, 5) is 0. The van der Waals surface area contributed by atoms with E-state index >= 15 is 0 Å². The number of hydrogen-bond donors (Lipinski definition) is 0. The summed E-state index contributed by atoms with van der Waals surface area (Å²) in [6.07, 6.45) is 4.45. The smallest absolute Gasteiger partial charge is 0.0616 e. The molecule has 0 amide bonds. The maximum Gasteiger partial charge on any atom is 0.284 e. The average Bonchev–Trinajstić information content (AvgIpc) is 3.17. The number of pyridine rings is 2. The molecule has 0 saturated carbocycles. The van der Waals surface area contributed by atoms with Gasteiger partial charge in [0.2, 0.25) is 12.4 Å². The summed E-state index contributed by atoms with van der Waals surface area (Å²) in [5.74, 6) is 0. The third kappa shape index (κ3) is 5.26. The molecule has 250 valence electrons. The van der Waals surface area contributed by atoms with Gasteiger partial charge in [-0.1, -0.05) is 124 Å². The van der Waals surface area contributed by atoms with E-state index in [-0.39, 0.29) is 5.41 Å². The molecule has 0 fully saturated rings. The maximum atomic E-state index is 2.42. The van der Waals surface area contributed by atoms with Gasteiger partial charge >= 0.3 is 0 Å². The van der Waals surface area contributed by atoms with Gasteiger partial charge in [0.1, 0.15) is 0 Å². The van der Waals surface area contributed by atoms with Gasteiger partial charge in [-0.2, -0.15) is 0 Å². The lowest BCUT2D eigenvalue weighted by molar-refractivity contribution is -1.29. The highest BCUT2D eigenvalue weighted by atomic mass is 15.4. The van der Waals surface area contributed by atoms with Crippen LogP contribution in [0.25, 0.3) is 76.7 Å². The summed E-state index contributed by atoms with van der Waals surface area (Å²) >= 11 is 0. The molecular weight excluding hydrogens is 629 g/mol. The van der Waals surface area contributed by atoms with Crippen LogP contribution in [0.3, 0.4) is 0 Å². The second-order valence-corrected chi connectivity index (χ2v) is 15.2. The van der Waals surface area contributed by atoms with Crippen molar-refractivity contribution in [3.63, 3.8) is 0 Å². The fourth-order valence-electron chi connectivity index (χ4n) is 8.06. The Morgan fingerprint density at radius 2 is 0.962 bits per heavy atom. The summed E-state index contributed by atoms with van der Waals surface area (Å²) in [7, 11) is 0. The SMILES string of the molecule is Cc1ccc(-c2cccc3ccccc23)cc1-c1cc(C(C)(C)C)cc[n+]1-[n+]1ccccc1-c1cc2c3ccccc3c3ccccc3c2cc1C. The van der Waals surface area contributed by atoms with Gasteiger partial charge in [-0.15, -0.1) is 0 Å². The summed E-state index contributed by atoms with van der Waals surface area (Å²) in [6, 6.07) is 55.9. The number of aryl methyl sites for hydroxylation is 2. The number of nitrogens with zero attached hydrogens (tertiary/aromatic N) is 2. The van der Waals surface area contributed by atoms with Gasteiger partial charge < -0.3 is 0 Å². The molecule has 9 aromatic rings. The van der Waals surface area contributed by atoms with Crippen LogP contribution in [0.4, 0.5) is 0 Å². The van der Waals surface area contributed by atoms with Crippen molar-refractivity contribution in [2.45, 2.75) is 40.0 Å². The van der Waals surface area contributed by atoms with Crippen LogP contribution < -0.4 is 9.35 Å².